The van der Waals surface area contributed by atoms with Crippen molar-refractivity contribution >= 4 is 5.91 Å². The molecule has 1 atom stereocenters. The molecule has 6 nitrogen and oxygen atoms in total. The number of rotatable bonds is 4. The minimum Gasteiger partial charge on any atom is -0.484 e. The highest BCUT2D eigenvalue weighted by atomic mass is 16.5. The summed E-state index contributed by atoms with van der Waals surface area (Å²) in [5.41, 5.74) is 2.37. The molecule has 2 heterocycles. The molecule has 0 radical (unpaired) electrons. The number of aryl methyl sites for hydroxylation is 3. The van der Waals surface area contributed by atoms with Crippen LogP contribution in [0.5, 0.6) is 5.75 Å². The maximum atomic E-state index is 12.0. The minimum absolute atomic E-state index is 0.0310. The van der Waals surface area contributed by atoms with Crippen LogP contribution in [0.25, 0.3) is 0 Å². The van der Waals surface area contributed by atoms with E-state index in [4.69, 9.17) is 4.74 Å². The van der Waals surface area contributed by atoms with E-state index in [0.29, 0.717) is 6.54 Å². The van der Waals surface area contributed by atoms with Crippen LogP contribution in [0, 0.1) is 13.8 Å². The number of nitrogens with zero attached hydrogens (tertiary/aromatic N) is 3. The van der Waals surface area contributed by atoms with E-state index in [1.54, 1.807) is 6.33 Å². The van der Waals surface area contributed by atoms with Crippen molar-refractivity contribution in [2.24, 2.45) is 0 Å². The number of carbonyl (C=O) groups is 1. The predicted octanol–water partition coefficient (Wildman–Crippen LogP) is 1.40. The van der Waals surface area contributed by atoms with Gasteiger partial charge in [0.1, 0.15) is 17.9 Å². The Labute approximate surface area is 129 Å². The Morgan fingerprint density at radius 3 is 3.09 bits per heavy atom. The molecule has 116 valence electrons. The number of hydrogen-bond donors (Lipinski definition) is 1. The molecule has 0 unspecified atom stereocenters. The summed E-state index contributed by atoms with van der Waals surface area (Å²) in [6.45, 7) is 4.78. The average molecular weight is 300 g/mol. The van der Waals surface area contributed by atoms with Gasteiger partial charge in [0.25, 0.3) is 5.91 Å². The van der Waals surface area contributed by atoms with E-state index in [2.05, 4.69) is 15.4 Å². The fourth-order valence-electron chi connectivity index (χ4n) is 2.58. The van der Waals surface area contributed by atoms with E-state index < -0.39 is 0 Å². The van der Waals surface area contributed by atoms with E-state index >= 15 is 0 Å². The molecular formula is C16H20N4O2. The number of ether oxygens (including phenoxy) is 1. The van der Waals surface area contributed by atoms with Gasteiger partial charge in [0.15, 0.2) is 6.61 Å². The summed E-state index contributed by atoms with van der Waals surface area (Å²) in [5, 5.41) is 7.14. The van der Waals surface area contributed by atoms with Gasteiger partial charge < -0.3 is 10.1 Å². The molecule has 1 aliphatic heterocycles. The van der Waals surface area contributed by atoms with Crippen LogP contribution >= 0.6 is 0 Å². The number of nitrogens with one attached hydrogen (secondary N) is 1. The number of hydrogen-bond acceptors (Lipinski definition) is 4. The quantitative estimate of drug-likeness (QED) is 0.927. The Hall–Kier alpha value is -2.37. The zero-order valence-corrected chi connectivity index (χ0v) is 12.9. The molecule has 1 aromatic heterocycles. The largest absolute Gasteiger partial charge is 0.484 e. The van der Waals surface area contributed by atoms with Gasteiger partial charge in [-0.3, -0.25) is 4.79 Å². The topological polar surface area (TPSA) is 69.0 Å². The van der Waals surface area contributed by atoms with Gasteiger partial charge in [-0.05, 0) is 43.5 Å². The van der Waals surface area contributed by atoms with Crippen molar-refractivity contribution in [3.63, 3.8) is 0 Å². The molecule has 0 aliphatic carbocycles. The van der Waals surface area contributed by atoms with Gasteiger partial charge >= 0.3 is 0 Å². The van der Waals surface area contributed by atoms with Crippen LogP contribution in [-0.4, -0.2) is 33.3 Å². The van der Waals surface area contributed by atoms with Crippen molar-refractivity contribution in [3.8, 4) is 5.75 Å². The molecule has 0 bridgehead atoms. The lowest BCUT2D eigenvalue weighted by Gasteiger charge is -2.23. The molecule has 0 saturated carbocycles. The number of benzene rings is 1. The van der Waals surface area contributed by atoms with E-state index in [-0.39, 0.29) is 18.6 Å². The maximum Gasteiger partial charge on any atom is 0.258 e. The highest BCUT2D eigenvalue weighted by Crippen LogP contribution is 2.16. The van der Waals surface area contributed by atoms with Gasteiger partial charge in [-0.15, -0.1) is 0 Å². The first-order chi connectivity index (χ1) is 10.6. The van der Waals surface area contributed by atoms with Crippen LogP contribution < -0.4 is 10.1 Å². The summed E-state index contributed by atoms with van der Waals surface area (Å²) < 4.78 is 7.40. The lowest BCUT2D eigenvalue weighted by atomic mass is 10.1. The van der Waals surface area contributed by atoms with Crippen LogP contribution in [0.15, 0.2) is 24.5 Å². The predicted molar refractivity (Wildman–Crippen MR) is 81.7 cm³/mol. The zero-order valence-electron chi connectivity index (χ0n) is 12.9. The third kappa shape index (κ3) is 3.27. The smallest absolute Gasteiger partial charge is 0.258 e. The van der Waals surface area contributed by atoms with E-state index in [1.165, 1.54) is 5.56 Å². The molecule has 0 fully saturated rings. The molecule has 0 spiro atoms. The molecule has 1 aromatic carbocycles. The third-order valence-corrected chi connectivity index (χ3v) is 4.02. The summed E-state index contributed by atoms with van der Waals surface area (Å²) >= 11 is 0. The second-order valence-corrected chi connectivity index (χ2v) is 5.70. The number of fused-ring (bicyclic) bond motifs is 1. The zero-order chi connectivity index (χ0) is 15.5. The Balaban J connectivity index is 1.50. The first kappa shape index (κ1) is 14.6. The number of carbonyl (C=O) groups excluding carboxylic acids is 1. The van der Waals surface area contributed by atoms with Crippen LogP contribution in [0.3, 0.4) is 0 Å². The summed E-state index contributed by atoms with van der Waals surface area (Å²) in [5.74, 6) is 1.60. The Morgan fingerprint density at radius 2 is 2.27 bits per heavy atom. The van der Waals surface area contributed by atoms with E-state index in [1.807, 2.05) is 36.7 Å². The van der Waals surface area contributed by atoms with Crippen LogP contribution in [0.2, 0.25) is 0 Å². The molecule has 6 heteroatoms. The summed E-state index contributed by atoms with van der Waals surface area (Å²) in [6, 6.07) is 5.92. The van der Waals surface area contributed by atoms with Crippen molar-refractivity contribution in [1.29, 1.82) is 0 Å². The summed E-state index contributed by atoms with van der Waals surface area (Å²) in [4.78, 5) is 16.2. The van der Waals surface area contributed by atoms with Gasteiger partial charge in [0.2, 0.25) is 0 Å². The summed E-state index contributed by atoms with van der Waals surface area (Å²) in [6.07, 6.45) is 3.28. The fraction of sp³-hybridized carbons (Fsp3) is 0.438. The Morgan fingerprint density at radius 1 is 1.41 bits per heavy atom. The first-order valence-corrected chi connectivity index (χ1v) is 7.48. The summed E-state index contributed by atoms with van der Waals surface area (Å²) in [7, 11) is 0. The third-order valence-electron chi connectivity index (χ3n) is 4.02. The molecule has 2 aromatic rings. The van der Waals surface area contributed by atoms with E-state index in [0.717, 1.165) is 30.0 Å². The normalized spacial score (nSPS) is 16.9. The van der Waals surface area contributed by atoms with Gasteiger partial charge in [-0.1, -0.05) is 6.07 Å². The van der Waals surface area contributed by atoms with Crippen LogP contribution in [0.1, 0.15) is 23.4 Å². The molecule has 0 saturated heterocycles. The second kappa shape index (κ2) is 6.17. The molecular weight excluding hydrogens is 280 g/mol. The van der Waals surface area contributed by atoms with Crippen molar-refractivity contribution < 1.29 is 9.53 Å². The number of amides is 1. The van der Waals surface area contributed by atoms with Crippen molar-refractivity contribution in [2.45, 2.75) is 39.3 Å². The monoisotopic (exact) mass is 300 g/mol. The highest BCUT2D eigenvalue weighted by molar-refractivity contribution is 5.77. The van der Waals surface area contributed by atoms with Gasteiger partial charge in [-0.25, -0.2) is 9.67 Å². The Bertz CT molecular complexity index is 681. The lowest BCUT2D eigenvalue weighted by molar-refractivity contribution is -0.124. The average Bonchev–Trinajstić information content (AvgIpc) is 2.96. The van der Waals surface area contributed by atoms with Crippen LogP contribution in [-0.2, 0) is 17.8 Å². The molecule has 1 aliphatic rings. The molecule has 1 N–H and O–H groups in total. The fourth-order valence-corrected chi connectivity index (χ4v) is 2.58. The lowest BCUT2D eigenvalue weighted by Crippen LogP contribution is -2.43. The Kier molecular flexibility index (Phi) is 4.09. The van der Waals surface area contributed by atoms with Gasteiger partial charge in [-0.2, -0.15) is 5.10 Å². The van der Waals surface area contributed by atoms with Crippen molar-refractivity contribution in [1.82, 2.24) is 20.1 Å². The second-order valence-electron chi connectivity index (χ2n) is 5.70. The van der Waals surface area contributed by atoms with Gasteiger partial charge in [0.05, 0.1) is 6.54 Å². The van der Waals surface area contributed by atoms with Crippen molar-refractivity contribution in [3.05, 3.63) is 41.5 Å². The van der Waals surface area contributed by atoms with E-state index in [9.17, 15) is 4.79 Å². The van der Waals surface area contributed by atoms with Gasteiger partial charge in [0, 0.05) is 12.5 Å². The standard InChI is InChI=1S/C16H20N4O2/c1-11-3-5-14(7-12(11)2)22-9-16(21)19-13-4-6-15-17-10-18-20(15)8-13/h3,5,7,10,13H,4,6,8-9H2,1-2H3,(H,19,21)/t13-/m1/s1. The molecule has 3 rings (SSSR count). The number of aromatic nitrogens is 3. The van der Waals surface area contributed by atoms with Crippen molar-refractivity contribution in [2.75, 3.05) is 6.61 Å². The highest BCUT2D eigenvalue weighted by Gasteiger charge is 2.21. The minimum atomic E-state index is -0.105. The van der Waals surface area contributed by atoms with Crippen LogP contribution in [0.4, 0.5) is 0 Å². The molecule has 1 amide bonds. The molecule has 22 heavy (non-hydrogen) atoms. The first-order valence-electron chi connectivity index (χ1n) is 7.48. The SMILES string of the molecule is Cc1ccc(OCC(=O)N[C@@H]2CCc3ncnn3C2)cc1C. The maximum absolute atomic E-state index is 12.0.